The van der Waals surface area contributed by atoms with Gasteiger partial charge in [-0.2, -0.15) is 0 Å². The van der Waals surface area contributed by atoms with Crippen LogP contribution in [0.5, 0.6) is 0 Å². The van der Waals surface area contributed by atoms with E-state index >= 15 is 0 Å². The van der Waals surface area contributed by atoms with Gasteiger partial charge in [0.25, 0.3) is 0 Å². The SMILES string of the molecule is CCc1ccc(CCC(=O)N2CCNC[C@H]2C)cc1.Cl. The Labute approximate surface area is 128 Å². The largest absolute Gasteiger partial charge is 0.337 e. The molecule has 0 radical (unpaired) electrons. The Kier molecular flexibility index (Phi) is 7.03. The first kappa shape index (κ1) is 17.0. The zero-order valence-electron chi connectivity index (χ0n) is 12.4. The maximum Gasteiger partial charge on any atom is 0.223 e. The summed E-state index contributed by atoms with van der Waals surface area (Å²) in [5, 5.41) is 3.31. The summed E-state index contributed by atoms with van der Waals surface area (Å²) in [4.78, 5) is 14.2. The van der Waals surface area contributed by atoms with Gasteiger partial charge in [0.2, 0.25) is 5.91 Å². The number of hydrogen-bond acceptors (Lipinski definition) is 2. The Balaban J connectivity index is 0.00000200. The lowest BCUT2D eigenvalue weighted by atomic mass is 10.1. The lowest BCUT2D eigenvalue weighted by molar-refractivity contribution is -0.133. The first-order chi connectivity index (χ1) is 9.20. The van der Waals surface area contributed by atoms with Crippen molar-refractivity contribution in [2.75, 3.05) is 19.6 Å². The molecular weight excluding hydrogens is 272 g/mol. The minimum absolute atomic E-state index is 0. The number of nitrogens with one attached hydrogen (secondary N) is 1. The molecule has 2 rings (SSSR count). The maximum atomic E-state index is 12.2. The zero-order valence-corrected chi connectivity index (χ0v) is 13.2. The van der Waals surface area contributed by atoms with Gasteiger partial charge >= 0.3 is 0 Å². The first-order valence-corrected chi connectivity index (χ1v) is 7.28. The minimum atomic E-state index is 0. The third-order valence-corrected chi connectivity index (χ3v) is 3.88. The Hall–Kier alpha value is -1.06. The van der Waals surface area contributed by atoms with Crippen LogP contribution in [-0.4, -0.2) is 36.5 Å². The van der Waals surface area contributed by atoms with Gasteiger partial charge in [-0.1, -0.05) is 31.2 Å². The van der Waals surface area contributed by atoms with E-state index in [-0.39, 0.29) is 18.3 Å². The number of carbonyl (C=O) groups is 1. The molecule has 0 aliphatic carbocycles. The minimum Gasteiger partial charge on any atom is -0.337 e. The first-order valence-electron chi connectivity index (χ1n) is 7.28. The predicted octanol–water partition coefficient (Wildman–Crippen LogP) is 2.42. The molecule has 20 heavy (non-hydrogen) atoms. The number of aryl methyl sites for hydroxylation is 2. The van der Waals surface area contributed by atoms with Crippen LogP contribution >= 0.6 is 12.4 Å². The van der Waals surface area contributed by atoms with Gasteiger partial charge in [-0.3, -0.25) is 4.79 Å². The van der Waals surface area contributed by atoms with Crippen molar-refractivity contribution in [1.29, 1.82) is 0 Å². The number of benzene rings is 1. The summed E-state index contributed by atoms with van der Waals surface area (Å²) in [6.07, 6.45) is 2.53. The van der Waals surface area contributed by atoms with E-state index < -0.39 is 0 Å². The van der Waals surface area contributed by atoms with Crippen LogP contribution in [0.1, 0.15) is 31.4 Å². The second-order valence-corrected chi connectivity index (χ2v) is 5.31. The summed E-state index contributed by atoms with van der Waals surface area (Å²) in [6.45, 7) is 6.94. The fraction of sp³-hybridized carbons (Fsp3) is 0.562. The molecule has 112 valence electrons. The topological polar surface area (TPSA) is 32.3 Å². The molecule has 0 unspecified atom stereocenters. The summed E-state index contributed by atoms with van der Waals surface area (Å²) < 4.78 is 0. The van der Waals surface area contributed by atoms with Crippen molar-refractivity contribution in [1.82, 2.24) is 10.2 Å². The molecule has 1 aliphatic heterocycles. The van der Waals surface area contributed by atoms with Crippen LogP contribution in [0.3, 0.4) is 0 Å². The van der Waals surface area contributed by atoms with E-state index in [1.54, 1.807) is 0 Å². The molecule has 1 fully saturated rings. The van der Waals surface area contributed by atoms with Crippen molar-refractivity contribution in [2.45, 2.75) is 39.2 Å². The lowest BCUT2D eigenvalue weighted by Gasteiger charge is -2.34. The molecule has 1 amide bonds. The molecule has 1 N–H and O–H groups in total. The molecule has 1 aliphatic rings. The van der Waals surface area contributed by atoms with Crippen molar-refractivity contribution >= 4 is 18.3 Å². The van der Waals surface area contributed by atoms with E-state index in [1.807, 2.05) is 4.90 Å². The highest BCUT2D eigenvalue weighted by molar-refractivity contribution is 5.85. The highest BCUT2D eigenvalue weighted by Gasteiger charge is 2.22. The van der Waals surface area contributed by atoms with Gasteiger partial charge in [-0.05, 0) is 30.9 Å². The maximum absolute atomic E-state index is 12.2. The molecule has 0 aromatic heterocycles. The van der Waals surface area contributed by atoms with Crippen LogP contribution < -0.4 is 5.32 Å². The molecular formula is C16H25ClN2O. The standard InChI is InChI=1S/C16H24N2O.ClH/c1-3-14-4-6-15(7-5-14)8-9-16(19)18-11-10-17-12-13(18)2;/h4-7,13,17H,3,8-12H2,1-2H3;1H/t13-;/m1./s1. The summed E-state index contributed by atoms with van der Waals surface area (Å²) >= 11 is 0. The van der Waals surface area contributed by atoms with E-state index in [0.717, 1.165) is 32.5 Å². The molecule has 4 heteroatoms. The highest BCUT2D eigenvalue weighted by atomic mass is 35.5. The van der Waals surface area contributed by atoms with Crippen molar-refractivity contribution in [3.05, 3.63) is 35.4 Å². The second-order valence-electron chi connectivity index (χ2n) is 5.31. The van der Waals surface area contributed by atoms with Gasteiger partial charge in [0.1, 0.15) is 0 Å². The van der Waals surface area contributed by atoms with E-state index in [0.29, 0.717) is 12.5 Å². The Morgan fingerprint density at radius 1 is 1.30 bits per heavy atom. The number of amides is 1. The van der Waals surface area contributed by atoms with Crippen molar-refractivity contribution < 1.29 is 4.79 Å². The van der Waals surface area contributed by atoms with E-state index in [1.165, 1.54) is 11.1 Å². The number of piperazine rings is 1. The van der Waals surface area contributed by atoms with Crippen LogP contribution in [0, 0.1) is 0 Å². The Morgan fingerprint density at radius 2 is 1.95 bits per heavy atom. The normalized spacial score (nSPS) is 18.5. The highest BCUT2D eigenvalue weighted by Crippen LogP contribution is 2.10. The molecule has 0 spiro atoms. The van der Waals surface area contributed by atoms with Crippen molar-refractivity contribution in [3.63, 3.8) is 0 Å². The molecule has 1 saturated heterocycles. The van der Waals surface area contributed by atoms with E-state index in [9.17, 15) is 4.79 Å². The number of rotatable bonds is 4. The van der Waals surface area contributed by atoms with Crippen LogP contribution in [-0.2, 0) is 17.6 Å². The summed E-state index contributed by atoms with van der Waals surface area (Å²) in [6, 6.07) is 8.94. The molecule has 0 bridgehead atoms. The summed E-state index contributed by atoms with van der Waals surface area (Å²) in [5.41, 5.74) is 2.61. The van der Waals surface area contributed by atoms with Crippen LogP contribution in [0.15, 0.2) is 24.3 Å². The fourth-order valence-electron chi connectivity index (χ4n) is 2.55. The van der Waals surface area contributed by atoms with Crippen LogP contribution in [0.25, 0.3) is 0 Å². The lowest BCUT2D eigenvalue weighted by Crippen LogP contribution is -2.52. The monoisotopic (exact) mass is 296 g/mol. The smallest absolute Gasteiger partial charge is 0.223 e. The number of carbonyl (C=O) groups excluding carboxylic acids is 1. The van der Waals surface area contributed by atoms with Crippen LogP contribution in [0.2, 0.25) is 0 Å². The predicted molar refractivity (Wildman–Crippen MR) is 85.4 cm³/mol. The van der Waals surface area contributed by atoms with Crippen LogP contribution in [0.4, 0.5) is 0 Å². The average Bonchev–Trinajstić information content (AvgIpc) is 2.46. The molecule has 1 aromatic rings. The van der Waals surface area contributed by atoms with Gasteiger partial charge in [-0.15, -0.1) is 12.4 Å². The molecule has 1 heterocycles. The zero-order chi connectivity index (χ0) is 13.7. The Morgan fingerprint density at radius 3 is 2.55 bits per heavy atom. The number of halogens is 1. The Bertz CT molecular complexity index is 419. The van der Waals surface area contributed by atoms with Crippen molar-refractivity contribution in [3.8, 4) is 0 Å². The summed E-state index contributed by atoms with van der Waals surface area (Å²) in [5.74, 6) is 0.286. The van der Waals surface area contributed by atoms with Gasteiger partial charge in [0.05, 0.1) is 0 Å². The molecule has 0 saturated carbocycles. The number of hydrogen-bond donors (Lipinski definition) is 1. The molecule has 1 atom stereocenters. The summed E-state index contributed by atoms with van der Waals surface area (Å²) in [7, 11) is 0. The van der Waals surface area contributed by atoms with Gasteiger partial charge in [-0.25, -0.2) is 0 Å². The van der Waals surface area contributed by atoms with Gasteiger partial charge < -0.3 is 10.2 Å². The van der Waals surface area contributed by atoms with E-state index in [4.69, 9.17) is 0 Å². The average molecular weight is 297 g/mol. The third-order valence-electron chi connectivity index (χ3n) is 3.88. The van der Waals surface area contributed by atoms with Crippen molar-refractivity contribution in [2.24, 2.45) is 0 Å². The molecule has 3 nitrogen and oxygen atoms in total. The second kappa shape index (κ2) is 8.28. The fourth-order valence-corrected chi connectivity index (χ4v) is 2.55. The number of nitrogens with zero attached hydrogens (tertiary/aromatic N) is 1. The molecule has 1 aromatic carbocycles. The third kappa shape index (κ3) is 4.50. The van der Waals surface area contributed by atoms with Gasteiger partial charge in [0.15, 0.2) is 0 Å². The van der Waals surface area contributed by atoms with E-state index in [2.05, 4.69) is 43.4 Å². The van der Waals surface area contributed by atoms with Gasteiger partial charge in [0, 0.05) is 32.1 Å². The quantitative estimate of drug-likeness (QED) is 0.925.